The third kappa shape index (κ3) is 4.43. The van der Waals surface area contributed by atoms with Gasteiger partial charge in [0, 0.05) is 9.86 Å². The minimum absolute atomic E-state index is 0.138. The molecule has 2 aromatic carbocycles. The van der Waals surface area contributed by atoms with E-state index in [4.69, 9.17) is 0 Å². The van der Waals surface area contributed by atoms with Crippen LogP contribution in [0.1, 0.15) is 12.8 Å². The fourth-order valence-electron chi connectivity index (χ4n) is 2.16. The first-order chi connectivity index (χ1) is 10.0. The molecule has 0 heterocycles. The number of benzene rings is 2. The van der Waals surface area contributed by atoms with Crippen molar-refractivity contribution in [2.45, 2.75) is 12.8 Å². The number of unbranched alkanes of at least 4 members (excludes halogenated alkanes) is 1. The van der Waals surface area contributed by atoms with E-state index in [0.29, 0.717) is 12.1 Å². The van der Waals surface area contributed by atoms with E-state index in [0.717, 1.165) is 28.2 Å². The smallest absolute Gasteiger partial charge is 0.232 e. The quantitative estimate of drug-likeness (QED) is 0.734. The maximum absolute atomic E-state index is 12.1. The van der Waals surface area contributed by atoms with E-state index >= 15 is 0 Å². The second kappa shape index (κ2) is 7.24. The van der Waals surface area contributed by atoms with E-state index in [9.17, 15) is 8.42 Å². The lowest BCUT2D eigenvalue weighted by atomic mass is 10.1. The molecule has 2 aromatic rings. The van der Waals surface area contributed by atoms with Crippen molar-refractivity contribution in [2.24, 2.45) is 0 Å². The molecule has 114 valence electrons. The third-order valence-electron chi connectivity index (χ3n) is 3.23. The first kappa shape index (κ1) is 16.3. The number of sulfonamides is 1. The molecule has 6 heteroatoms. The molecule has 2 N–H and O–H groups in total. The second-order valence-electron chi connectivity index (χ2n) is 4.87. The van der Waals surface area contributed by atoms with Gasteiger partial charge in [0.05, 0.1) is 11.4 Å². The van der Waals surface area contributed by atoms with Crippen molar-refractivity contribution in [3.63, 3.8) is 0 Å². The molecule has 0 aliphatic heterocycles. The largest absolute Gasteiger partial charge is 0.320 e. The van der Waals surface area contributed by atoms with Gasteiger partial charge in [-0.2, -0.15) is 0 Å². The molecule has 0 atom stereocenters. The van der Waals surface area contributed by atoms with E-state index in [-0.39, 0.29) is 5.75 Å². The lowest BCUT2D eigenvalue weighted by Gasteiger charge is -2.11. The summed E-state index contributed by atoms with van der Waals surface area (Å²) in [5, 5.41) is 4.90. The predicted octanol–water partition coefficient (Wildman–Crippen LogP) is 3.34. The van der Waals surface area contributed by atoms with Gasteiger partial charge in [-0.25, -0.2) is 8.42 Å². The minimum atomic E-state index is -3.31. The number of hydrogen-bond donors (Lipinski definition) is 2. The summed E-state index contributed by atoms with van der Waals surface area (Å²) >= 11 is 3.49. The summed E-state index contributed by atoms with van der Waals surface area (Å²) in [5.74, 6) is 0.138. The Morgan fingerprint density at radius 3 is 2.48 bits per heavy atom. The van der Waals surface area contributed by atoms with Crippen LogP contribution >= 0.6 is 15.9 Å². The molecule has 4 nitrogen and oxygen atoms in total. The van der Waals surface area contributed by atoms with Crippen LogP contribution in [0.5, 0.6) is 0 Å². The molecule has 0 fully saturated rings. The van der Waals surface area contributed by atoms with Crippen molar-refractivity contribution < 1.29 is 8.42 Å². The zero-order valence-corrected chi connectivity index (χ0v) is 14.3. The topological polar surface area (TPSA) is 58.2 Å². The third-order valence-corrected chi connectivity index (χ3v) is 5.27. The molecule has 0 radical (unpaired) electrons. The maximum Gasteiger partial charge on any atom is 0.232 e. The van der Waals surface area contributed by atoms with Crippen LogP contribution in [0.4, 0.5) is 5.69 Å². The van der Waals surface area contributed by atoms with Crippen LogP contribution < -0.4 is 10.0 Å². The predicted molar refractivity (Wildman–Crippen MR) is 92.2 cm³/mol. The van der Waals surface area contributed by atoms with Gasteiger partial charge < -0.3 is 5.32 Å². The van der Waals surface area contributed by atoms with Gasteiger partial charge in [0.25, 0.3) is 0 Å². The Morgan fingerprint density at radius 2 is 1.76 bits per heavy atom. The van der Waals surface area contributed by atoms with Crippen LogP contribution in [-0.2, 0) is 10.0 Å². The molecular formula is C15H19BrN2O2S. The molecule has 0 aromatic heterocycles. The zero-order chi connectivity index (χ0) is 15.3. The lowest BCUT2D eigenvalue weighted by Crippen LogP contribution is -2.18. The van der Waals surface area contributed by atoms with E-state index < -0.39 is 10.0 Å². The van der Waals surface area contributed by atoms with Crippen molar-refractivity contribution in [2.75, 3.05) is 24.1 Å². The molecule has 0 saturated carbocycles. The van der Waals surface area contributed by atoms with Crippen molar-refractivity contribution in [1.82, 2.24) is 5.32 Å². The number of rotatable bonds is 7. The summed E-state index contributed by atoms with van der Waals surface area (Å²) in [6.45, 7) is 0.830. The van der Waals surface area contributed by atoms with E-state index in [1.165, 1.54) is 0 Å². The van der Waals surface area contributed by atoms with Crippen molar-refractivity contribution in [3.05, 3.63) is 40.9 Å². The van der Waals surface area contributed by atoms with Crippen LogP contribution in [0.15, 0.2) is 40.9 Å². The van der Waals surface area contributed by atoms with Gasteiger partial charge in [0.2, 0.25) is 10.0 Å². The number of halogens is 1. The van der Waals surface area contributed by atoms with E-state index in [1.807, 2.05) is 37.4 Å². The highest BCUT2D eigenvalue weighted by Gasteiger charge is 2.12. The summed E-state index contributed by atoms with van der Waals surface area (Å²) in [5.41, 5.74) is 0.627. The summed E-state index contributed by atoms with van der Waals surface area (Å²) in [4.78, 5) is 0. The molecule has 0 aliphatic carbocycles. The number of fused-ring (bicyclic) bond motifs is 1. The normalized spacial score (nSPS) is 11.7. The van der Waals surface area contributed by atoms with Gasteiger partial charge in [-0.1, -0.05) is 40.2 Å². The molecule has 0 aliphatic rings. The first-order valence-electron chi connectivity index (χ1n) is 6.86. The van der Waals surface area contributed by atoms with Crippen LogP contribution in [0.25, 0.3) is 10.8 Å². The highest BCUT2D eigenvalue weighted by atomic mass is 79.9. The number of anilines is 1. The Morgan fingerprint density at radius 1 is 1.05 bits per heavy atom. The molecule has 21 heavy (non-hydrogen) atoms. The van der Waals surface area contributed by atoms with Gasteiger partial charge in [0.15, 0.2) is 0 Å². The fourth-order valence-corrected chi connectivity index (χ4v) is 3.84. The molecule has 0 spiro atoms. The zero-order valence-electron chi connectivity index (χ0n) is 11.9. The van der Waals surface area contributed by atoms with Crippen molar-refractivity contribution in [3.8, 4) is 0 Å². The number of nitrogens with one attached hydrogen (secondary N) is 2. The summed E-state index contributed by atoms with van der Waals surface area (Å²) in [6, 6.07) is 11.4. The van der Waals surface area contributed by atoms with Crippen molar-refractivity contribution in [1.29, 1.82) is 0 Å². The SMILES string of the molecule is CNCCCCS(=O)(=O)Nc1ccc(Br)c2ccccc12. The van der Waals surface area contributed by atoms with Crippen LogP contribution in [0, 0.1) is 0 Å². The average Bonchev–Trinajstić information content (AvgIpc) is 2.47. The fraction of sp³-hybridized carbons (Fsp3) is 0.333. The van der Waals surface area contributed by atoms with Crippen LogP contribution in [0.2, 0.25) is 0 Å². The molecule has 0 amide bonds. The Balaban J connectivity index is 2.18. The average molecular weight is 371 g/mol. The second-order valence-corrected chi connectivity index (χ2v) is 7.57. The van der Waals surface area contributed by atoms with Crippen molar-refractivity contribution >= 4 is 42.4 Å². The Hall–Kier alpha value is -1.11. The summed E-state index contributed by atoms with van der Waals surface area (Å²) < 4.78 is 27.9. The molecule has 0 saturated heterocycles. The summed E-state index contributed by atoms with van der Waals surface area (Å²) in [6.07, 6.45) is 1.49. The van der Waals surface area contributed by atoms with Gasteiger partial charge in [-0.05, 0) is 44.0 Å². The minimum Gasteiger partial charge on any atom is -0.320 e. The van der Waals surface area contributed by atoms with Gasteiger partial charge in [-0.3, -0.25) is 4.72 Å². The summed E-state index contributed by atoms with van der Waals surface area (Å²) in [7, 11) is -1.45. The van der Waals surface area contributed by atoms with Gasteiger partial charge >= 0.3 is 0 Å². The number of hydrogen-bond acceptors (Lipinski definition) is 3. The van der Waals surface area contributed by atoms with E-state index in [2.05, 4.69) is 26.0 Å². The highest BCUT2D eigenvalue weighted by Crippen LogP contribution is 2.30. The monoisotopic (exact) mass is 370 g/mol. The highest BCUT2D eigenvalue weighted by molar-refractivity contribution is 9.10. The maximum atomic E-state index is 12.1. The molecule has 2 rings (SSSR count). The molecular weight excluding hydrogens is 352 g/mol. The lowest BCUT2D eigenvalue weighted by molar-refractivity contribution is 0.595. The van der Waals surface area contributed by atoms with Gasteiger partial charge in [-0.15, -0.1) is 0 Å². The molecule has 0 unspecified atom stereocenters. The standard InChI is InChI=1S/C15H19BrN2O2S/c1-17-10-4-5-11-21(19,20)18-15-9-8-14(16)12-6-2-3-7-13(12)15/h2-3,6-9,17-18H,4-5,10-11H2,1H3. The van der Waals surface area contributed by atoms with Crippen LogP contribution in [0.3, 0.4) is 0 Å². The van der Waals surface area contributed by atoms with E-state index in [1.54, 1.807) is 6.07 Å². The first-order valence-corrected chi connectivity index (χ1v) is 9.30. The Labute approximate surface area is 134 Å². The molecule has 0 bridgehead atoms. The Bertz CT molecular complexity index is 717. The van der Waals surface area contributed by atoms with Crippen LogP contribution in [-0.4, -0.2) is 27.8 Å². The Kier molecular flexibility index (Phi) is 5.61. The van der Waals surface area contributed by atoms with Gasteiger partial charge in [0.1, 0.15) is 0 Å².